The molecule has 0 spiro atoms. The normalized spacial score (nSPS) is 23.3. The lowest BCUT2D eigenvalue weighted by Crippen LogP contribution is -2.61. The first-order chi connectivity index (χ1) is 17.4. The van der Waals surface area contributed by atoms with Gasteiger partial charge in [-0.3, -0.25) is 0 Å². The first-order valence-electron chi connectivity index (χ1n) is 11.2. The lowest BCUT2D eigenvalue weighted by molar-refractivity contribution is -0.285. The van der Waals surface area contributed by atoms with E-state index in [1.807, 2.05) is 0 Å². The summed E-state index contributed by atoms with van der Waals surface area (Å²) in [4.78, 5) is 38.0. The second kappa shape index (κ2) is 11.6. The van der Waals surface area contributed by atoms with E-state index in [9.17, 15) is 24.6 Å². The fraction of sp³-hybridized carbons (Fsp3) is 0.222. The van der Waals surface area contributed by atoms with E-state index in [1.165, 1.54) is 24.3 Å². The number of hydrogen-bond acceptors (Lipinski definition) is 9. The number of carbonyl (C=O) groups excluding carboxylic acids is 3. The molecule has 1 aliphatic heterocycles. The zero-order chi connectivity index (χ0) is 25.5. The van der Waals surface area contributed by atoms with Crippen molar-refractivity contribution in [2.24, 2.45) is 0 Å². The molecule has 3 aromatic rings. The third-order valence-corrected chi connectivity index (χ3v) is 5.53. The van der Waals surface area contributed by atoms with Crippen LogP contribution < -0.4 is 0 Å². The van der Waals surface area contributed by atoms with E-state index in [2.05, 4.69) is 0 Å². The molecular weight excluding hydrogens is 468 g/mol. The summed E-state index contributed by atoms with van der Waals surface area (Å²) in [7, 11) is 0. The summed E-state index contributed by atoms with van der Waals surface area (Å²) in [5.74, 6) is -2.27. The highest BCUT2D eigenvalue weighted by molar-refractivity contribution is 5.90. The van der Waals surface area contributed by atoms with Crippen molar-refractivity contribution in [1.29, 1.82) is 0 Å². The number of aliphatic hydroxyl groups excluding tert-OH is 2. The Morgan fingerprint density at radius 2 is 1.06 bits per heavy atom. The molecule has 0 aliphatic carbocycles. The molecule has 1 saturated heterocycles. The van der Waals surface area contributed by atoms with Crippen molar-refractivity contribution >= 4 is 17.9 Å². The molecule has 3 aromatic carbocycles. The van der Waals surface area contributed by atoms with Gasteiger partial charge >= 0.3 is 17.9 Å². The topological polar surface area (TPSA) is 129 Å². The van der Waals surface area contributed by atoms with Crippen LogP contribution in [0.15, 0.2) is 91.0 Å². The predicted octanol–water partition coefficient (Wildman–Crippen LogP) is 2.37. The predicted molar refractivity (Wildman–Crippen MR) is 125 cm³/mol. The quantitative estimate of drug-likeness (QED) is 0.377. The zero-order valence-electron chi connectivity index (χ0n) is 19.0. The van der Waals surface area contributed by atoms with Crippen molar-refractivity contribution in [2.45, 2.75) is 30.7 Å². The SMILES string of the molecule is O=C(OCC1O[C@@H](O)C(O)C(OC(=O)c2ccccc2)[C@H]1OC(=O)c1ccccc1)c1ccccc1. The van der Waals surface area contributed by atoms with Crippen molar-refractivity contribution in [3.63, 3.8) is 0 Å². The molecule has 0 aromatic heterocycles. The summed E-state index contributed by atoms with van der Waals surface area (Å²) in [5.41, 5.74) is 0.663. The van der Waals surface area contributed by atoms with Gasteiger partial charge in [-0.15, -0.1) is 0 Å². The lowest BCUT2D eigenvalue weighted by atomic mass is 9.98. The zero-order valence-corrected chi connectivity index (χ0v) is 19.0. The highest BCUT2D eigenvalue weighted by atomic mass is 16.7. The highest BCUT2D eigenvalue weighted by Crippen LogP contribution is 2.27. The first kappa shape index (κ1) is 25.1. The van der Waals surface area contributed by atoms with Gasteiger partial charge in [-0.25, -0.2) is 14.4 Å². The van der Waals surface area contributed by atoms with Gasteiger partial charge in [0.2, 0.25) is 0 Å². The number of ether oxygens (including phenoxy) is 4. The molecule has 0 bridgehead atoms. The molecule has 4 rings (SSSR count). The average molecular weight is 492 g/mol. The molecule has 1 aliphatic rings. The van der Waals surface area contributed by atoms with Crippen LogP contribution in [0.1, 0.15) is 31.1 Å². The van der Waals surface area contributed by atoms with Crippen LogP contribution in [0.5, 0.6) is 0 Å². The fourth-order valence-corrected chi connectivity index (χ4v) is 3.67. The summed E-state index contributed by atoms with van der Waals surface area (Å²) in [6, 6.07) is 24.2. The molecule has 1 heterocycles. The van der Waals surface area contributed by atoms with E-state index in [1.54, 1.807) is 66.7 Å². The second-order valence-corrected chi connectivity index (χ2v) is 7.99. The second-order valence-electron chi connectivity index (χ2n) is 7.99. The monoisotopic (exact) mass is 492 g/mol. The van der Waals surface area contributed by atoms with Gasteiger partial charge in [0.25, 0.3) is 0 Å². The molecule has 186 valence electrons. The van der Waals surface area contributed by atoms with Gasteiger partial charge in [-0.2, -0.15) is 0 Å². The summed E-state index contributed by atoms with van der Waals surface area (Å²) in [6.45, 7) is -0.455. The van der Waals surface area contributed by atoms with Crippen LogP contribution in [0.2, 0.25) is 0 Å². The van der Waals surface area contributed by atoms with Crippen molar-refractivity contribution in [3.05, 3.63) is 108 Å². The maximum Gasteiger partial charge on any atom is 0.338 e. The maximum atomic E-state index is 12.8. The Balaban J connectivity index is 1.57. The Morgan fingerprint density at radius 3 is 1.53 bits per heavy atom. The standard InChI is InChI=1S/C27H24O9/c28-21-23(36-26(31)19-14-8-3-9-15-19)22(35-25(30)18-12-6-2-7-13-18)20(34-27(21)32)16-33-24(29)17-10-4-1-5-11-17/h1-15,20-23,27-28,32H,16H2/t20?,21?,22-,23?,27+/m0/s1. The van der Waals surface area contributed by atoms with Crippen LogP contribution in [-0.4, -0.2) is 65.4 Å². The van der Waals surface area contributed by atoms with Crippen molar-refractivity contribution in [1.82, 2.24) is 0 Å². The van der Waals surface area contributed by atoms with Crippen LogP contribution in [-0.2, 0) is 18.9 Å². The third kappa shape index (κ3) is 5.95. The number of rotatable bonds is 7. The summed E-state index contributed by atoms with van der Waals surface area (Å²) in [6.07, 6.45) is -7.72. The minimum Gasteiger partial charge on any atom is -0.459 e. The van der Waals surface area contributed by atoms with E-state index in [4.69, 9.17) is 18.9 Å². The van der Waals surface area contributed by atoms with Crippen molar-refractivity contribution in [2.75, 3.05) is 6.61 Å². The minimum absolute atomic E-state index is 0.186. The molecule has 0 amide bonds. The van der Waals surface area contributed by atoms with Gasteiger partial charge < -0.3 is 29.2 Å². The molecule has 2 N–H and O–H groups in total. The van der Waals surface area contributed by atoms with Gasteiger partial charge in [0, 0.05) is 0 Å². The summed E-state index contributed by atoms with van der Waals surface area (Å²) in [5, 5.41) is 20.9. The number of benzene rings is 3. The Hall–Kier alpha value is -4.05. The van der Waals surface area contributed by atoms with Gasteiger partial charge in [-0.05, 0) is 36.4 Å². The third-order valence-electron chi connectivity index (χ3n) is 5.53. The van der Waals surface area contributed by atoms with E-state index in [-0.39, 0.29) is 16.7 Å². The largest absolute Gasteiger partial charge is 0.459 e. The number of hydrogen-bond donors (Lipinski definition) is 2. The molecule has 5 atom stereocenters. The smallest absolute Gasteiger partial charge is 0.338 e. The van der Waals surface area contributed by atoms with Gasteiger partial charge in [0.1, 0.15) is 18.8 Å². The van der Waals surface area contributed by atoms with Crippen molar-refractivity contribution in [3.8, 4) is 0 Å². The van der Waals surface area contributed by atoms with Gasteiger partial charge in [-0.1, -0.05) is 54.6 Å². The molecule has 36 heavy (non-hydrogen) atoms. The van der Waals surface area contributed by atoms with E-state index in [0.717, 1.165) is 0 Å². The number of aliphatic hydroxyl groups is 2. The number of carbonyl (C=O) groups is 3. The molecule has 0 radical (unpaired) electrons. The Morgan fingerprint density at radius 1 is 0.639 bits per heavy atom. The van der Waals surface area contributed by atoms with Crippen LogP contribution in [0.3, 0.4) is 0 Å². The Kier molecular flexibility index (Phi) is 8.06. The number of esters is 3. The van der Waals surface area contributed by atoms with Gasteiger partial charge in [0.15, 0.2) is 18.5 Å². The van der Waals surface area contributed by atoms with E-state index in [0.29, 0.717) is 0 Å². The first-order valence-corrected chi connectivity index (χ1v) is 11.2. The van der Waals surface area contributed by atoms with Crippen molar-refractivity contribution < 1.29 is 43.5 Å². The highest BCUT2D eigenvalue weighted by Gasteiger charge is 2.50. The molecule has 1 fully saturated rings. The minimum atomic E-state index is -1.80. The maximum absolute atomic E-state index is 12.8. The van der Waals surface area contributed by atoms with E-state index >= 15 is 0 Å². The lowest BCUT2D eigenvalue weighted by Gasteiger charge is -2.41. The van der Waals surface area contributed by atoms with Crippen LogP contribution in [0.4, 0.5) is 0 Å². The molecule has 9 heteroatoms. The van der Waals surface area contributed by atoms with Gasteiger partial charge in [0.05, 0.1) is 16.7 Å². The van der Waals surface area contributed by atoms with E-state index < -0.39 is 55.2 Å². The van der Waals surface area contributed by atoms with Crippen LogP contribution >= 0.6 is 0 Å². The van der Waals surface area contributed by atoms with Crippen LogP contribution in [0.25, 0.3) is 0 Å². The Bertz CT molecular complexity index is 1170. The summed E-state index contributed by atoms with van der Waals surface area (Å²) < 4.78 is 21.8. The molecule has 3 unspecified atom stereocenters. The summed E-state index contributed by atoms with van der Waals surface area (Å²) >= 11 is 0. The Labute approximate surface area is 206 Å². The average Bonchev–Trinajstić information content (AvgIpc) is 2.92. The molecule has 9 nitrogen and oxygen atoms in total. The molecular formula is C27H24O9. The molecule has 0 saturated carbocycles. The fourth-order valence-electron chi connectivity index (χ4n) is 3.67. The van der Waals surface area contributed by atoms with Crippen LogP contribution in [0, 0.1) is 0 Å².